The molecule has 0 bridgehead atoms. The molecule has 0 spiro atoms. The minimum absolute atomic E-state index is 0.0164. The first-order chi connectivity index (χ1) is 12.9. The minimum Gasteiger partial charge on any atom is -0.325 e. The van der Waals surface area contributed by atoms with Crippen molar-refractivity contribution in [3.63, 3.8) is 0 Å². The van der Waals surface area contributed by atoms with Crippen LogP contribution in [0.25, 0.3) is 0 Å². The third-order valence-corrected chi connectivity index (χ3v) is 4.28. The molecule has 1 aliphatic carbocycles. The SMILES string of the molecule is O=C(ON1C(=O)CCC1=O)C1=CC=CC(C(=O)CON2C(=O)CCC2=O)C1. The molecule has 3 rings (SSSR count). The summed E-state index contributed by atoms with van der Waals surface area (Å²) in [7, 11) is 0. The van der Waals surface area contributed by atoms with Crippen LogP contribution in [0, 0.1) is 5.92 Å². The van der Waals surface area contributed by atoms with Crippen molar-refractivity contribution in [2.45, 2.75) is 32.1 Å². The van der Waals surface area contributed by atoms with E-state index in [1.807, 2.05) is 0 Å². The average Bonchev–Trinajstić information content (AvgIpc) is 3.15. The van der Waals surface area contributed by atoms with Crippen LogP contribution in [0.3, 0.4) is 0 Å². The van der Waals surface area contributed by atoms with E-state index in [9.17, 15) is 28.8 Å². The number of imide groups is 2. The molecule has 0 aromatic carbocycles. The molecule has 0 saturated carbocycles. The molecular formula is C17H16N2O8. The van der Waals surface area contributed by atoms with Crippen LogP contribution in [0.1, 0.15) is 32.1 Å². The van der Waals surface area contributed by atoms with Crippen molar-refractivity contribution in [2.75, 3.05) is 6.61 Å². The lowest BCUT2D eigenvalue weighted by Crippen LogP contribution is -2.34. The first-order valence-corrected chi connectivity index (χ1v) is 8.33. The van der Waals surface area contributed by atoms with Gasteiger partial charge in [0, 0.05) is 37.2 Å². The van der Waals surface area contributed by atoms with Crippen LogP contribution in [0.15, 0.2) is 23.8 Å². The Morgan fingerprint density at radius 1 is 0.926 bits per heavy atom. The van der Waals surface area contributed by atoms with E-state index >= 15 is 0 Å². The number of allylic oxidation sites excluding steroid dienone is 3. The Labute approximate surface area is 153 Å². The summed E-state index contributed by atoms with van der Waals surface area (Å²) < 4.78 is 0. The lowest BCUT2D eigenvalue weighted by Gasteiger charge is -2.19. The van der Waals surface area contributed by atoms with Gasteiger partial charge in [0.05, 0.1) is 0 Å². The van der Waals surface area contributed by atoms with Crippen molar-refractivity contribution in [2.24, 2.45) is 5.92 Å². The number of hydrogen-bond acceptors (Lipinski definition) is 8. The summed E-state index contributed by atoms with van der Waals surface area (Å²) in [5.41, 5.74) is 0.108. The quantitative estimate of drug-likeness (QED) is 0.581. The second-order valence-electron chi connectivity index (χ2n) is 6.17. The molecule has 10 heteroatoms. The van der Waals surface area contributed by atoms with E-state index < -0.39 is 47.9 Å². The highest BCUT2D eigenvalue weighted by atomic mass is 16.7. The second kappa shape index (κ2) is 7.62. The molecule has 0 radical (unpaired) electrons. The molecule has 2 fully saturated rings. The largest absolute Gasteiger partial charge is 0.359 e. The molecule has 10 nitrogen and oxygen atoms in total. The topological polar surface area (TPSA) is 127 Å². The van der Waals surface area contributed by atoms with Gasteiger partial charge in [-0.1, -0.05) is 18.2 Å². The van der Waals surface area contributed by atoms with Gasteiger partial charge in [0.25, 0.3) is 23.6 Å². The number of Topliss-reactive ketones (excluding diaryl/α,β-unsaturated/α-hetero) is 1. The Kier molecular flexibility index (Phi) is 5.26. The third-order valence-electron chi connectivity index (χ3n) is 4.28. The predicted molar refractivity (Wildman–Crippen MR) is 84.6 cm³/mol. The monoisotopic (exact) mass is 376 g/mol. The van der Waals surface area contributed by atoms with Crippen molar-refractivity contribution < 1.29 is 38.4 Å². The summed E-state index contributed by atoms with van der Waals surface area (Å²) in [4.78, 5) is 80.2. The molecule has 1 unspecified atom stereocenters. The summed E-state index contributed by atoms with van der Waals surface area (Å²) in [6, 6.07) is 0. The number of rotatable bonds is 6. The van der Waals surface area contributed by atoms with Crippen LogP contribution in [-0.4, -0.2) is 52.1 Å². The molecule has 2 aliphatic heterocycles. The van der Waals surface area contributed by atoms with Gasteiger partial charge in [-0.25, -0.2) is 4.79 Å². The van der Waals surface area contributed by atoms with Gasteiger partial charge in [-0.2, -0.15) is 5.06 Å². The number of ketones is 1. The summed E-state index contributed by atoms with van der Waals surface area (Å²) in [5.74, 6) is -4.26. The third kappa shape index (κ3) is 4.00. The van der Waals surface area contributed by atoms with E-state index in [0.717, 1.165) is 0 Å². The highest BCUT2D eigenvalue weighted by Gasteiger charge is 2.35. The zero-order chi connectivity index (χ0) is 19.6. The van der Waals surface area contributed by atoms with Gasteiger partial charge in [0.2, 0.25) is 0 Å². The van der Waals surface area contributed by atoms with Gasteiger partial charge >= 0.3 is 5.97 Å². The average molecular weight is 376 g/mol. The van der Waals surface area contributed by atoms with Crippen molar-refractivity contribution in [1.82, 2.24) is 10.1 Å². The number of hydroxylamine groups is 4. The number of carbonyl (C=O) groups is 6. The zero-order valence-electron chi connectivity index (χ0n) is 14.2. The van der Waals surface area contributed by atoms with Crippen LogP contribution in [0.4, 0.5) is 0 Å². The van der Waals surface area contributed by atoms with Crippen molar-refractivity contribution in [3.05, 3.63) is 23.8 Å². The molecule has 142 valence electrons. The van der Waals surface area contributed by atoms with Gasteiger partial charge in [0.1, 0.15) is 6.61 Å². The zero-order valence-corrected chi connectivity index (χ0v) is 14.2. The van der Waals surface area contributed by atoms with Crippen LogP contribution in [-0.2, 0) is 38.4 Å². The first kappa shape index (κ1) is 18.6. The number of amides is 4. The van der Waals surface area contributed by atoms with Gasteiger partial charge in [0.15, 0.2) is 5.78 Å². The second-order valence-corrected chi connectivity index (χ2v) is 6.17. The predicted octanol–water partition coefficient (Wildman–Crippen LogP) is -0.254. The maximum absolute atomic E-state index is 12.3. The molecule has 0 aromatic rings. The molecule has 2 heterocycles. The highest BCUT2D eigenvalue weighted by Crippen LogP contribution is 2.23. The highest BCUT2D eigenvalue weighted by molar-refractivity contribution is 6.03. The molecule has 4 amide bonds. The van der Waals surface area contributed by atoms with E-state index in [4.69, 9.17) is 9.68 Å². The molecule has 2 saturated heterocycles. The van der Waals surface area contributed by atoms with E-state index in [2.05, 4.69) is 0 Å². The van der Waals surface area contributed by atoms with E-state index in [0.29, 0.717) is 10.1 Å². The summed E-state index contributed by atoms with van der Waals surface area (Å²) in [5, 5.41) is 1.02. The Balaban J connectivity index is 1.54. The standard InChI is InChI=1S/C17H16N2O8/c20-12(9-26-18-13(21)4-5-14(18)22)10-2-1-3-11(8-10)17(25)27-19-15(23)6-7-16(19)24/h1-3,10H,4-9H2. The lowest BCUT2D eigenvalue weighted by atomic mass is 9.91. The fourth-order valence-corrected chi connectivity index (χ4v) is 2.79. The van der Waals surface area contributed by atoms with E-state index in [1.165, 1.54) is 12.2 Å². The van der Waals surface area contributed by atoms with Crippen LogP contribution < -0.4 is 0 Å². The van der Waals surface area contributed by atoms with Gasteiger partial charge in [-0.05, 0) is 6.42 Å². The number of nitrogens with zero attached hydrogens (tertiary/aromatic N) is 2. The maximum atomic E-state index is 12.3. The van der Waals surface area contributed by atoms with Gasteiger partial charge in [-0.15, -0.1) is 5.06 Å². The van der Waals surface area contributed by atoms with Crippen molar-refractivity contribution in [1.29, 1.82) is 0 Å². The molecule has 1 atom stereocenters. The summed E-state index contributed by atoms with van der Waals surface area (Å²) in [6.07, 6.45) is 4.48. The summed E-state index contributed by atoms with van der Waals surface area (Å²) >= 11 is 0. The molecule has 0 N–H and O–H groups in total. The summed E-state index contributed by atoms with van der Waals surface area (Å²) in [6.45, 7) is -0.502. The van der Waals surface area contributed by atoms with E-state index in [1.54, 1.807) is 6.08 Å². The van der Waals surface area contributed by atoms with Gasteiger partial charge < -0.3 is 4.84 Å². The van der Waals surface area contributed by atoms with Crippen LogP contribution in [0.2, 0.25) is 0 Å². The van der Waals surface area contributed by atoms with Crippen molar-refractivity contribution in [3.8, 4) is 0 Å². The normalized spacial score (nSPS) is 22.5. The Bertz CT molecular complexity index is 765. The number of hydrogen-bond donors (Lipinski definition) is 0. The smallest absolute Gasteiger partial charge is 0.325 e. The van der Waals surface area contributed by atoms with Gasteiger partial charge in [-0.3, -0.25) is 28.8 Å². The van der Waals surface area contributed by atoms with E-state index in [-0.39, 0.29) is 37.7 Å². The molecule has 0 aromatic heterocycles. The minimum atomic E-state index is -0.897. The fraction of sp³-hybridized carbons (Fsp3) is 0.412. The Hall–Kier alpha value is -3.14. The van der Waals surface area contributed by atoms with Crippen LogP contribution >= 0.6 is 0 Å². The fourth-order valence-electron chi connectivity index (χ4n) is 2.79. The Morgan fingerprint density at radius 3 is 2.07 bits per heavy atom. The molecule has 27 heavy (non-hydrogen) atoms. The Morgan fingerprint density at radius 2 is 1.48 bits per heavy atom. The first-order valence-electron chi connectivity index (χ1n) is 8.33. The molecule has 3 aliphatic rings. The maximum Gasteiger partial charge on any atom is 0.359 e. The van der Waals surface area contributed by atoms with Crippen molar-refractivity contribution >= 4 is 35.4 Å². The molecular weight excluding hydrogens is 360 g/mol. The lowest BCUT2D eigenvalue weighted by molar-refractivity contribution is -0.194. The van der Waals surface area contributed by atoms with Crippen LogP contribution in [0.5, 0.6) is 0 Å². The number of carbonyl (C=O) groups excluding carboxylic acids is 6.